The minimum absolute atomic E-state index is 0.0558. The van der Waals surface area contributed by atoms with Gasteiger partial charge in [-0.15, -0.1) is 0 Å². The first-order valence-corrected chi connectivity index (χ1v) is 8.84. The molecule has 1 aromatic carbocycles. The molecule has 0 spiro atoms. The second-order valence-corrected chi connectivity index (χ2v) is 7.61. The molecule has 1 aliphatic rings. The molecule has 1 aliphatic heterocycles. The molecule has 1 heterocycles. The van der Waals surface area contributed by atoms with Crippen LogP contribution in [0.15, 0.2) is 29.2 Å². The summed E-state index contributed by atoms with van der Waals surface area (Å²) in [6.07, 6.45) is -0.132. The van der Waals surface area contributed by atoms with E-state index in [1.807, 2.05) is 0 Å². The second kappa shape index (κ2) is 6.67. The van der Waals surface area contributed by atoms with Gasteiger partial charge in [0.25, 0.3) is 5.91 Å². The van der Waals surface area contributed by atoms with Crippen molar-refractivity contribution in [3.05, 3.63) is 29.8 Å². The van der Waals surface area contributed by atoms with E-state index in [4.69, 9.17) is 4.74 Å². The first-order valence-electron chi connectivity index (χ1n) is 7.19. The molecule has 126 valence electrons. The molecule has 0 aliphatic carbocycles. The molecule has 0 bridgehead atoms. The minimum Gasteiger partial charge on any atom is -0.480 e. The first kappa shape index (κ1) is 17.4. The van der Waals surface area contributed by atoms with Crippen LogP contribution in [-0.4, -0.2) is 61.9 Å². The molecule has 1 amide bonds. The summed E-state index contributed by atoms with van der Waals surface area (Å²) < 4.78 is 29.0. The van der Waals surface area contributed by atoms with E-state index in [1.54, 1.807) is 0 Å². The highest BCUT2D eigenvalue weighted by Gasteiger charge is 2.40. The molecule has 1 N–H and O–H groups in total. The molecule has 8 heteroatoms. The number of amides is 1. The number of hydrogen-bond donors (Lipinski definition) is 1. The Labute approximate surface area is 134 Å². The molecular weight excluding hydrogens is 322 g/mol. The van der Waals surface area contributed by atoms with E-state index in [-0.39, 0.29) is 35.3 Å². The van der Waals surface area contributed by atoms with Crippen molar-refractivity contribution < 1.29 is 27.9 Å². The maximum Gasteiger partial charge on any atom is 0.326 e. The normalized spacial score (nSPS) is 21.4. The van der Waals surface area contributed by atoms with E-state index in [2.05, 4.69) is 0 Å². The van der Waals surface area contributed by atoms with Crippen LogP contribution in [0.25, 0.3) is 0 Å². The van der Waals surface area contributed by atoms with Gasteiger partial charge in [0.05, 0.1) is 16.8 Å². The number of hydrogen-bond acceptors (Lipinski definition) is 5. The molecule has 1 fully saturated rings. The number of nitrogens with zero attached hydrogens (tertiary/aromatic N) is 1. The third-order valence-corrected chi connectivity index (χ3v) is 5.69. The topological polar surface area (TPSA) is 101 Å². The van der Waals surface area contributed by atoms with Gasteiger partial charge in [0, 0.05) is 25.6 Å². The Morgan fingerprint density at radius 2 is 2.09 bits per heavy atom. The second-order valence-electron chi connectivity index (χ2n) is 5.34. The lowest BCUT2D eigenvalue weighted by molar-refractivity contribution is -0.141. The number of carbonyl (C=O) groups excluding carboxylic acids is 1. The average molecular weight is 341 g/mol. The fourth-order valence-electron chi connectivity index (χ4n) is 2.58. The van der Waals surface area contributed by atoms with Gasteiger partial charge in [0.15, 0.2) is 9.84 Å². The van der Waals surface area contributed by atoms with Crippen LogP contribution < -0.4 is 0 Å². The molecule has 0 aromatic heterocycles. The van der Waals surface area contributed by atoms with Crippen molar-refractivity contribution in [2.24, 2.45) is 0 Å². The quantitative estimate of drug-likeness (QED) is 0.850. The lowest BCUT2D eigenvalue weighted by Gasteiger charge is -2.21. The Bertz CT molecular complexity index is 714. The number of carbonyl (C=O) groups is 2. The fraction of sp³-hybridized carbons (Fsp3) is 0.467. The third kappa shape index (κ3) is 3.53. The van der Waals surface area contributed by atoms with Crippen LogP contribution in [0, 0.1) is 0 Å². The largest absolute Gasteiger partial charge is 0.480 e. The van der Waals surface area contributed by atoms with Crippen molar-refractivity contribution in [3.63, 3.8) is 0 Å². The number of likely N-dealkylation sites (tertiary alicyclic amines) is 1. The summed E-state index contributed by atoms with van der Waals surface area (Å²) >= 11 is 0. The first-order chi connectivity index (χ1) is 10.8. The van der Waals surface area contributed by atoms with Gasteiger partial charge in [-0.2, -0.15) is 0 Å². The van der Waals surface area contributed by atoms with E-state index < -0.39 is 27.8 Å². The summed E-state index contributed by atoms with van der Waals surface area (Å²) in [5.74, 6) is -1.68. The van der Waals surface area contributed by atoms with E-state index in [9.17, 15) is 23.1 Å². The van der Waals surface area contributed by atoms with Crippen molar-refractivity contribution in [2.45, 2.75) is 30.4 Å². The Hall–Kier alpha value is -1.93. The van der Waals surface area contributed by atoms with Crippen molar-refractivity contribution in [3.8, 4) is 0 Å². The summed E-state index contributed by atoms with van der Waals surface area (Å²) in [7, 11) is -1.97. The third-order valence-electron chi connectivity index (χ3n) is 3.96. The number of sulfone groups is 1. The van der Waals surface area contributed by atoms with Gasteiger partial charge in [-0.3, -0.25) is 4.79 Å². The van der Waals surface area contributed by atoms with Crippen LogP contribution >= 0.6 is 0 Å². The van der Waals surface area contributed by atoms with E-state index in [1.165, 1.54) is 43.2 Å². The molecule has 2 atom stereocenters. The predicted molar refractivity (Wildman–Crippen MR) is 82.0 cm³/mol. The fourth-order valence-corrected chi connectivity index (χ4v) is 3.51. The maximum absolute atomic E-state index is 12.6. The SMILES string of the molecule is CCS(=O)(=O)c1cccc(C(=O)N2CC(OC)CC2C(=O)O)c1. The average Bonchev–Trinajstić information content (AvgIpc) is 2.99. The zero-order chi connectivity index (χ0) is 17.2. The zero-order valence-electron chi connectivity index (χ0n) is 12.9. The Morgan fingerprint density at radius 3 is 2.65 bits per heavy atom. The van der Waals surface area contributed by atoms with Gasteiger partial charge >= 0.3 is 5.97 Å². The number of aliphatic carboxylic acids is 1. The van der Waals surface area contributed by atoms with Crippen LogP contribution in [-0.2, 0) is 19.4 Å². The summed E-state index contributed by atoms with van der Waals surface area (Å²) in [5, 5.41) is 9.27. The molecule has 1 saturated heterocycles. The van der Waals surface area contributed by atoms with Gasteiger partial charge in [-0.1, -0.05) is 13.0 Å². The molecule has 0 radical (unpaired) electrons. The van der Waals surface area contributed by atoms with Gasteiger partial charge in [-0.25, -0.2) is 13.2 Å². The van der Waals surface area contributed by atoms with Crippen molar-refractivity contribution >= 4 is 21.7 Å². The summed E-state index contributed by atoms with van der Waals surface area (Å²) in [6.45, 7) is 1.69. The monoisotopic (exact) mass is 341 g/mol. The number of ether oxygens (including phenoxy) is 1. The maximum atomic E-state index is 12.6. The van der Waals surface area contributed by atoms with E-state index in [0.29, 0.717) is 0 Å². The molecule has 1 aromatic rings. The molecular formula is C15H19NO6S. The Kier molecular flexibility index (Phi) is 5.06. The lowest BCUT2D eigenvalue weighted by atomic mass is 10.1. The highest BCUT2D eigenvalue weighted by atomic mass is 32.2. The van der Waals surface area contributed by atoms with E-state index >= 15 is 0 Å². The van der Waals surface area contributed by atoms with Gasteiger partial charge < -0.3 is 14.7 Å². The number of rotatable bonds is 5. The Morgan fingerprint density at radius 1 is 1.39 bits per heavy atom. The standard InChI is InChI=1S/C15H19NO6S/c1-3-23(20,21)12-6-4-5-10(7-12)14(17)16-9-11(22-2)8-13(16)15(18)19/h4-7,11,13H,3,8-9H2,1-2H3,(H,18,19). The molecule has 7 nitrogen and oxygen atoms in total. The number of methoxy groups -OCH3 is 1. The van der Waals surface area contributed by atoms with Crippen LogP contribution in [0.3, 0.4) is 0 Å². The molecule has 2 unspecified atom stereocenters. The van der Waals surface area contributed by atoms with E-state index in [0.717, 1.165) is 0 Å². The lowest BCUT2D eigenvalue weighted by Crippen LogP contribution is -2.40. The van der Waals surface area contributed by atoms with Crippen LogP contribution in [0.1, 0.15) is 23.7 Å². The van der Waals surface area contributed by atoms with Crippen LogP contribution in [0.5, 0.6) is 0 Å². The summed E-state index contributed by atoms with van der Waals surface area (Å²) in [5.41, 5.74) is 0.155. The van der Waals surface area contributed by atoms with Crippen LogP contribution in [0.2, 0.25) is 0 Å². The van der Waals surface area contributed by atoms with Crippen LogP contribution in [0.4, 0.5) is 0 Å². The number of carboxylic acid groups (broad SMARTS) is 1. The summed E-state index contributed by atoms with van der Waals surface area (Å²) in [4.78, 5) is 25.2. The highest BCUT2D eigenvalue weighted by Crippen LogP contribution is 2.23. The van der Waals surface area contributed by atoms with Crippen molar-refractivity contribution in [1.82, 2.24) is 4.90 Å². The van der Waals surface area contributed by atoms with Gasteiger partial charge in [0.1, 0.15) is 6.04 Å². The molecule has 0 saturated carbocycles. The number of carboxylic acids is 1. The molecule has 23 heavy (non-hydrogen) atoms. The van der Waals surface area contributed by atoms with Crippen molar-refractivity contribution in [1.29, 1.82) is 0 Å². The van der Waals surface area contributed by atoms with Crippen molar-refractivity contribution in [2.75, 3.05) is 19.4 Å². The summed E-state index contributed by atoms with van der Waals surface area (Å²) in [6, 6.07) is 4.71. The minimum atomic E-state index is -3.43. The molecule has 2 rings (SSSR count). The predicted octanol–water partition coefficient (Wildman–Crippen LogP) is 0.794. The van der Waals surface area contributed by atoms with Gasteiger partial charge in [0.2, 0.25) is 0 Å². The number of benzene rings is 1. The smallest absolute Gasteiger partial charge is 0.326 e. The Balaban J connectivity index is 2.33. The zero-order valence-corrected chi connectivity index (χ0v) is 13.7. The highest BCUT2D eigenvalue weighted by molar-refractivity contribution is 7.91. The van der Waals surface area contributed by atoms with Gasteiger partial charge in [-0.05, 0) is 18.2 Å².